The Morgan fingerprint density at radius 1 is 0.968 bits per heavy atom. The number of benzene rings is 2. The van der Waals surface area contributed by atoms with Crippen LogP contribution < -0.4 is 15.0 Å². The van der Waals surface area contributed by atoms with E-state index in [2.05, 4.69) is 4.98 Å². The van der Waals surface area contributed by atoms with E-state index in [9.17, 15) is 4.79 Å². The molecule has 0 aliphatic rings. The summed E-state index contributed by atoms with van der Waals surface area (Å²) in [5.41, 5.74) is 2.00. The van der Waals surface area contributed by atoms with Gasteiger partial charge in [-0.3, -0.25) is 9.36 Å². The van der Waals surface area contributed by atoms with Gasteiger partial charge in [0.2, 0.25) is 0 Å². The molecule has 0 saturated carbocycles. The van der Waals surface area contributed by atoms with Gasteiger partial charge >= 0.3 is 0 Å². The van der Waals surface area contributed by atoms with Gasteiger partial charge in [-0.1, -0.05) is 30.3 Å². The number of aromatic nitrogens is 2. The number of aryl methyl sites for hydroxylation is 2. The Balaban J connectivity index is 1.50. The van der Waals surface area contributed by atoms with Crippen molar-refractivity contribution in [2.24, 2.45) is 0 Å². The molecule has 6 heteroatoms. The van der Waals surface area contributed by atoms with Crippen molar-refractivity contribution < 1.29 is 9.47 Å². The molecule has 5 nitrogen and oxygen atoms in total. The number of hydrogen-bond acceptors (Lipinski definition) is 5. The van der Waals surface area contributed by atoms with E-state index >= 15 is 0 Å². The van der Waals surface area contributed by atoms with Crippen LogP contribution in [0, 0.1) is 6.92 Å². The molecule has 0 bridgehead atoms. The zero-order chi connectivity index (χ0) is 21.6. The number of hydrogen-bond donors (Lipinski definition) is 0. The van der Waals surface area contributed by atoms with E-state index in [1.165, 1.54) is 0 Å². The molecule has 4 rings (SSSR count). The Labute approximate surface area is 185 Å². The molecule has 2 aromatic carbocycles. The molecule has 31 heavy (non-hydrogen) atoms. The zero-order valence-corrected chi connectivity index (χ0v) is 18.7. The number of rotatable bonds is 9. The van der Waals surface area contributed by atoms with E-state index in [1.807, 2.05) is 68.4 Å². The molecule has 0 aliphatic carbocycles. The lowest BCUT2D eigenvalue weighted by molar-refractivity contribution is 0.303. The monoisotopic (exact) mass is 434 g/mol. The van der Waals surface area contributed by atoms with Crippen LogP contribution in [-0.4, -0.2) is 22.8 Å². The minimum atomic E-state index is 0.0159. The van der Waals surface area contributed by atoms with Crippen LogP contribution in [0.2, 0.25) is 0 Å². The van der Waals surface area contributed by atoms with Crippen molar-refractivity contribution in [2.75, 3.05) is 13.2 Å². The van der Waals surface area contributed by atoms with E-state index in [4.69, 9.17) is 9.47 Å². The molecule has 0 amide bonds. The average molecular weight is 435 g/mol. The summed E-state index contributed by atoms with van der Waals surface area (Å²) >= 11 is 1.56. The van der Waals surface area contributed by atoms with Crippen LogP contribution >= 0.6 is 11.3 Å². The van der Waals surface area contributed by atoms with Gasteiger partial charge in [0.15, 0.2) is 0 Å². The van der Waals surface area contributed by atoms with Crippen LogP contribution in [0.25, 0.3) is 21.3 Å². The Morgan fingerprint density at radius 2 is 1.71 bits per heavy atom. The predicted molar refractivity (Wildman–Crippen MR) is 126 cm³/mol. The van der Waals surface area contributed by atoms with Crippen LogP contribution in [0.5, 0.6) is 11.5 Å². The fourth-order valence-electron chi connectivity index (χ4n) is 3.62. The van der Waals surface area contributed by atoms with Crippen molar-refractivity contribution in [3.05, 3.63) is 76.2 Å². The van der Waals surface area contributed by atoms with Crippen LogP contribution in [-0.2, 0) is 6.54 Å². The summed E-state index contributed by atoms with van der Waals surface area (Å²) < 4.78 is 13.0. The Kier molecular flexibility index (Phi) is 6.67. The number of para-hydroxylation sites is 1. The molecule has 0 saturated heterocycles. The lowest BCUT2D eigenvalue weighted by Crippen LogP contribution is -2.20. The average Bonchev–Trinajstić information content (AvgIpc) is 3.13. The molecule has 4 aromatic rings. The topological polar surface area (TPSA) is 53.4 Å². The smallest absolute Gasteiger partial charge is 0.262 e. The molecule has 0 unspecified atom stereocenters. The zero-order valence-electron chi connectivity index (χ0n) is 17.8. The van der Waals surface area contributed by atoms with E-state index in [0.717, 1.165) is 45.2 Å². The third-order valence-electron chi connectivity index (χ3n) is 5.11. The van der Waals surface area contributed by atoms with Crippen LogP contribution in [0.4, 0.5) is 0 Å². The van der Waals surface area contributed by atoms with Crippen molar-refractivity contribution in [2.45, 2.75) is 33.2 Å². The summed E-state index contributed by atoms with van der Waals surface area (Å²) in [7, 11) is 0. The molecule has 2 heterocycles. The van der Waals surface area contributed by atoms with Gasteiger partial charge < -0.3 is 9.47 Å². The number of nitrogens with zero attached hydrogens (tertiary/aromatic N) is 2. The van der Waals surface area contributed by atoms with E-state index in [1.54, 1.807) is 22.2 Å². The third-order valence-corrected chi connectivity index (χ3v) is 6.13. The molecule has 0 spiro atoms. The Hall–Kier alpha value is -3.12. The van der Waals surface area contributed by atoms with E-state index in [0.29, 0.717) is 25.1 Å². The lowest BCUT2D eigenvalue weighted by atomic mass is 10.0. The summed E-state index contributed by atoms with van der Waals surface area (Å²) in [5.74, 6) is 1.70. The van der Waals surface area contributed by atoms with Crippen molar-refractivity contribution in [3.63, 3.8) is 0 Å². The van der Waals surface area contributed by atoms with Crippen molar-refractivity contribution in [3.8, 4) is 22.6 Å². The largest absolute Gasteiger partial charge is 0.494 e. The van der Waals surface area contributed by atoms with Crippen LogP contribution in [0.15, 0.2) is 65.7 Å². The minimum absolute atomic E-state index is 0.0159. The highest BCUT2D eigenvalue weighted by Gasteiger charge is 2.17. The van der Waals surface area contributed by atoms with Gasteiger partial charge in [-0.15, -0.1) is 11.3 Å². The highest BCUT2D eigenvalue weighted by molar-refractivity contribution is 7.19. The Bertz CT molecular complexity index is 1200. The first-order valence-corrected chi connectivity index (χ1v) is 11.4. The molecule has 0 aliphatic heterocycles. The summed E-state index contributed by atoms with van der Waals surface area (Å²) in [4.78, 5) is 19.7. The van der Waals surface area contributed by atoms with Gasteiger partial charge in [-0.05, 0) is 56.5 Å². The summed E-state index contributed by atoms with van der Waals surface area (Å²) in [6.07, 6.45) is 3.38. The maximum atomic E-state index is 13.3. The third kappa shape index (κ3) is 4.80. The normalized spacial score (nSPS) is 11.0. The van der Waals surface area contributed by atoms with Gasteiger partial charge in [-0.2, -0.15) is 0 Å². The van der Waals surface area contributed by atoms with Gasteiger partial charge in [0.1, 0.15) is 16.3 Å². The highest BCUT2D eigenvalue weighted by atomic mass is 32.1. The van der Waals surface area contributed by atoms with Gasteiger partial charge in [0.05, 0.1) is 24.9 Å². The second-order valence-electron chi connectivity index (χ2n) is 7.28. The van der Waals surface area contributed by atoms with Crippen LogP contribution in [0.1, 0.15) is 24.6 Å². The first-order valence-electron chi connectivity index (χ1n) is 10.6. The van der Waals surface area contributed by atoms with Crippen LogP contribution in [0.3, 0.4) is 0 Å². The molecule has 0 fully saturated rings. The predicted octanol–water partition coefficient (Wildman–Crippen LogP) is 5.69. The molecular formula is C25H26N2O3S. The van der Waals surface area contributed by atoms with Gasteiger partial charge in [-0.25, -0.2) is 4.98 Å². The molecule has 2 aromatic heterocycles. The molecule has 160 valence electrons. The quantitative estimate of drug-likeness (QED) is 0.318. The maximum Gasteiger partial charge on any atom is 0.262 e. The molecular weight excluding hydrogens is 408 g/mol. The molecule has 0 atom stereocenters. The number of fused-ring (bicyclic) bond motifs is 1. The van der Waals surface area contributed by atoms with E-state index in [-0.39, 0.29) is 5.56 Å². The SMILES string of the molecule is CCOc1ccc(-c2c(C)sc3ncn(CCCCOc4ccccc4)c(=O)c23)cc1. The van der Waals surface area contributed by atoms with Crippen molar-refractivity contribution in [1.29, 1.82) is 0 Å². The summed E-state index contributed by atoms with van der Waals surface area (Å²) in [6, 6.07) is 17.7. The number of thiophene rings is 1. The lowest BCUT2D eigenvalue weighted by Gasteiger charge is -2.08. The van der Waals surface area contributed by atoms with E-state index < -0.39 is 0 Å². The maximum absolute atomic E-state index is 13.3. The number of ether oxygens (including phenoxy) is 2. The first-order chi connectivity index (χ1) is 15.2. The van der Waals surface area contributed by atoms with Crippen molar-refractivity contribution >= 4 is 21.6 Å². The second-order valence-corrected chi connectivity index (χ2v) is 8.49. The van der Waals surface area contributed by atoms with Gasteiger partial charge in [0.25, 0.3) is 5.56 Å². The van der Waals surface area contributed by atoms with Crippen molar-refractivity contribution in [1.82, 2.24) is 9.55 Å². The van der Waals surface area contributed by atoms with Gasteiger partial charge in [0, 0.05) is 17.0 Å². The highest BCUT2D eigenvalue weighted by Crippen LogP contribution is 2.36. The Morgan fingerprint density at radius 3 is 2.45 bits per heavy atom. The first kappa shape index (κ1) is 21.1. The minimum Gasteiger partial charge on any atom is -0.494 e. The summed E-state index contributed by atoms with van der Waals surface area (Å²) in [6.45, 7) is 5.89. The second kappa shape index (κ2) is 9.79. The fraction of sp³-hybridized carbons (Fsp3) is 0.280. The number of unbranched alkanes of at least 4 members (excludes halogenated alkanes) is 1. The standard InChI is InChI=1S/C25H26N2O3S/c1-3-29-21-13-11-19(12-14-21)22-18(2)31-24-23(22)25(28)27(17-26-24)15-7-8-16-30-20-9-5-4-6-10-20/h4-6,9-14,17H,3,7-8,15-16H2,1-2H3. The molecule has 0 N–H and O–H groups in total. The molecule has 0 radical (unpaired) electrons. The summed E-state index contributed by atoms with van der Waals surface area (Å²) in [5, 5.41) is 0.703. The fourth-order valence-corrected chi connectivity index (χ4v) is 4.62.